The van der Waals surface area contributed by atoms with Crippen LogP contribution in [0.5, 0.6) is 0 Å². The molecule has 0 aliphatic carbocycles. The first-order chi connectivity index (χ1) is 7.58. The van der Waals surface area contributed by atoms with Gasteiger partial charge < -0.3 is 10.2 Å². The third kappa shape index (κ3) is 3.48. The predicted molar refractivity (Wildman–Crippen MR) is 66.9 cm³/mol. The van der Waals surface area contributed by atoms with Crippen molar-refractivity contribution in [3.63, 3.8) is 0 Å². The van der Waals surface area contributed by atoms with E-state index in [9.17, 15) is 0 Å². The fourth-order valence-electron chi connectivity index (χ4n) is 1.63. The Morgan fingerprint density at radius 3 is 2.25 bits per heavy atom. The van der Waals surface area contributed by atoms with Crippen molar-refractivity contribution in [1.82, 2.24) is 0 Å². The van der Waals surface area contributed by atoms with Crippen LogP contribution in [-0.4, -0.2) is 23.4 Å². The molecule has 0 unspecified atom stereocenters. The van der Waals surface area contributed by atoms with Crippen LogP contribution in [0.3, 0.4) is 0 Å². The molecule has 0 spiro atoms. The maximum atomic E-state index is 8.98. The van der Waals surface area contributed by atoms with Crippen LogP contribution in [0.2, 0.25) is 5.02 Å². The highest BCUT2D eigenvalue weighted by atomic mass is 35.5. The summed E-state index contributed by atoms with van der Waals surface area (Å²) in [5.41, 5.74) is 3.51. The summed E-state index contributed by atoms with van der Waals surface area (Å²) in [6.45, 7) is 4.15. The summed E-state index contributed by atoms with van der Waals surface area (Å²) >= 11 is 6.15. The largest absolute Gasteiger partial charge is 0.396 e. The lowest BCUT2D eigenvalue weighted by atomic mass is 9.98. The van der Waals surface area contributed by atoms with Crippen molar-refractivity contribution in [3.8, 4) is 0 Å². The number of aliphatic hydroxyl groups is 2. The minimum Gasteiger partial charge on any atom is -0.396 e. The second-order valence-electron chi connectivity index (χ2n) is 4.30. The molecule has 16 heavy (non-hydrogen) atoms. The highest BCUT2D eigenvalue weighted by Crippen LogP contribution is 2.23. The van der Waals surface area contributed by atoms with Crippen LogP contribution in [0.1, 0.15) is 23.1 Å². The van der Waals surface area contributed by atoms with Gasteiger partial charge in [0.1, 0.15) is 0 Å². The van der Waals surface area contributed by atoms with Crippen molar-refractivity contribution in [2.75, 3.05) is 13.2 Å². The van der Waals surface area contributed by atoms with Gasteiger partial charge in [-0.25, -0.2) is 0 Å². The van der Waals surface area contributed by atoms with Gasteiger partial charge in [0.05, 0.1) is 0 Å². The average molecular weight is 243 g/mol. The number of hydrogen-bond donors (Lipinski definition) is 2. The molecule has 0 heterocycles. The van der Waals surface area contributed by atoms with Crippen LogP contribution in [0.4, 0.5) is 0 Å². The van der Waals surface area contributed by atoms with Crippen LogP contribution in [0, 0.1) is 19.8 Å². The summed E-state index contributed by atoms with van der Waals surface area (Å²) in [7, 11) is 0. The monoisotopic (exact) mass is 242 g/mol. The van der Waals surface area contributed by atoms with Gasteiger partial charge in [0.2, 0.25) is 0 Å². The number of halogens is 1. The Morgan fingerprint density at radius 2 is 1.69 bits per heavy atom. The molecule has 0 bridgehead atoms. The molecule has 0 saturated heterocycles. The van der Waals surface area contributed by atoms with Crippen LogP contribution < -0.4 is 0 Å². The van der Waals surface area contributed by atoms with Gasteiger partial charge in [-0.3, -0.25) is 0 Å². The third-order valence-electron chi connectivity index (χ3n) is 3.00. The summed E-state index contributed by atoms with van der Waals surface area (Å²) in [6, 6.07) is 4.06. The standard InChI is InChI=1S/C13H19ClO2/c1-9-5-12(13(14)6-10(9)2)4-3-11(7-15)8-16/h5-6,11,15-16H,3-4,7-8H2,1-2H3. The van der Waals surface area contributed by atoms with E-state index >= 15 is 0 Å². The minimum atomic E-state index is -0.0438. The van der Waals surface area contributed by atoms with Gasteiger partial charge in [-0.2, -0.15) is 0 Å². The van der Waals surface area contributed by atoms with Crippen molar-refractivity contribution in [2.45, 2.75) is 26.7 Å². The lowest BCUT2D eigenvalue weighted by Gasteiger charge is -2.12. The Hall–Kier alpha value is -0.570. The molecule has 1 aromatic carbocycles. The van der Waals surface area contributed by atoms with E-state index < -0.39 is 0 Å². The first-order valence-electron chi connectivity index (χ1n) is 5.55. The van der Waals surface area contributed by atoms with Crippen molar-refractivity contribution in [3.05, 3.63) is 33.8 Å². The SMILES string of the molecule is Cc1cc(Cl)c(CCC(CO)CO)cc1C. The van der Waals surface area contributed by atoms with Gasteiger partial charge in [0.15, 0.2) is 0 Å². The zero-order chi connectivity index (χ0) is 12.1. The van der Waals surface area contributed by atoms with Gasteiger partial charge in [0.25, 0.3) is 0 Å². The molecule has 0 saturated carbocycles. The van der Waals surface area contributed by atoms with E-state index in [1.807, 2.05) is 13.0 Å². The molecule has 0 aliphatic heterocycles. The fourth-order valence-corrected chi connectivity index (χ4v) is 1.94. The Morgan fingerprint density at radius 1 is 1.12 bits per heavy atom. The smallest absolute Gasteiger partial charge is 0.0481 e. The molecule has 90 valence electrons. The summed E-state index contributed by atoms with van der Waals surface area (Å²) in [6.07, 6.45) is 1.56. The number of hydrogen-bond acceptors (Lipinski definition) is 2. The molecule has 0 aromatic heterocycles. The van der Waals surface area contributed by atoms with Crippen molar-refractivity contribution in [1.29, 1.82) is 0 Å². The average Bonchev–Trinajstić information content (AvgIpc) is 2.26. The molecule has 0 fully saturated rings. The van der Waals surface area contributed by atoms with E-state index in [2.05, 4.69) is 13.0 Å². The maximum Gasteiger partial charge on any atom is 0.0481 e. The Balaban J connectivity index is 2.70. The number of rotatable bonds is 5. The van der Waals surface area contributed by atoms with E-state index in [-0.39, 0.29) is 19.1 Å². The van der Waals surface area contributed by atoms with Crippen LogP contribution in [0.25, 0.3) is 0 Å². The number of aryl methyl sites for hydroxylation is 3. The normalized spacial score (nSPS) is 11.1. The molecule has 0 aliphatic rings. The number of aliphatic hydroxyl groups excluding tert-OH is 2. The summed E-state index contributed by atoms with van der Waals surface area (Å²) in [5.74, 6) is -0.0438. The third-order valence-corrected chi connectivity index (χ3v) is 3.35. The molecule has 2 N–H and O–H groups in total. The summed E-state index contributed by atoms with van der Waals surface area (Å²) < 4.78 is 0. The van der Waals surface area contributed by atoms with Crippen LogP contribution >= 0.6 is 11.6 Å². The molecule has 0 amide bonds. The highest BCUT2D eigenvalue weighted by Gasteiger charge is 2.09. The van der Waals surface area contributed by atoms with E-state index in [0.717, 1.165) is 23.4 Å². The lowest BCUT2D eigenvalue weighted by Crippen LogP contribution is -2.12. The van der Waals surface area contributed by atoms with Gasteiger partial charge in [-0.1, -0.05) is 17.7 Å². The van der Waals surface area contributed by atoms with Gasteiger partial charge in [-0.15, -0.1) is 0 Å². The zero-order valence-electron chi connectivity index (χ0n) is 9.83. The first-order valence-corrected chi connectivity index (χ1v) is 5.93. The summed E-state index contributed by atoms with van der Waals surface area (Å²) in [4.78, 5) is 0. The Labute approximate surface area is 102 Å². The quantitative estimate of drug-likeness (QED) is 0.833. The van der Waals surface area contributed by atoms with E-state index in [4.69, 9.17) is 21.8 Å². The molecule has 2 nitrogen and oxygen atoms in total. The van der Waals surface area contributed by atoms with E-state index in [1.54, 1.807) is 0 Å². The molecule has 0 atom stereocenters. The van der Waals surface area contributed by atoms with Gasteiger partial charge >= 0.3 is 0 Å². The van der Waals surface area contributed by atoms with Crippen molar-refractivity contribution >= 4 is 11.6 Å². The molecular weight excluding hydrogens is 224 g/mol. The second-order valence-corrected chi connectivity index (χ2v) is 4.70. The lowest BCUT2D eigenvalue weighted by molar-refractivity contribution is 0.144. The van der Waals surface area contributed by atoms with Crippen LogP contribution in [-0.2, 0) is 6.42 Å². The minimum absolute atomic E-state index is 0.0267. The predicted octanol–water partition coefficient (Wildman–Crippen LogP) is 2.49. The van der Waals surface area contributed by atoms with Crippen LogP contribution in [0.15, 0.2) is 12.1 Å². The second kappa shape index (κ2) is 6.24. The van der Waals surface area contributed by atoms with Crippen molar-refractivity contribution < 1.29 is 10.2 Å². The molecule has 1 rings (SSSR count). The van der Waals surface area contributed by atoms with Gasteiger partial charge in [-0.05, 0) is 49.4 Å². The maximum absolute atomic E-state index is 8.98. The molecular formula is C13H19ClO2. The highest BCUT2D eigenvalue weighted by molar-refractivity contribution is 6.31. The van der Waals surface area contributed by atoms with Gasteiger partial charge in [0, 0.05) is 24.2 Å². The molecule has 3 heteroatoms. The summed E-state index contributed by atoms with van der Waals surface area (Å²) in [5, 5.41) is 18.7. The Kier molecular flexibility index (Phi) is 5.26. The van der Waals surface area contributed by atoms with Crippen molar-refractivity contribution in [2.24, 2.45) is 5.92 Å². The molecule has 1 aromatic rings. The Bertz CT molecular complexity index is 346. The van der Waals surface area contributed by atoms with E-state index in [0.29, 0.717) is 0 Å². The zero-order valence-corrected chi connectivity index (χ0v) is 10.6. The first kappa shape index (κ1) is 13.5. The van der Waals surface area contributed by atoms with E-state index in [1.165, 1.54) is 11.1 Å². The molecule has 0 radical (unpaired) electrons. The topological polar surface area (TPSA) is 40.5 Å². The number of benzene rings is 1. The fraction of sp³-hybridized carbons (Fsp3) is 0.538.